The van der Waals surface area contributed by atoms with Gasteiger partial charge in [0, 0.05) is 4.47 Å². The SMILES string of the molecule is CCOC(=O)/C(C#N)=C(/Cl)c1ccc(Br)cc1. The number of esters is 1. The minimum Gasteiger partial charge on any atom is -0.462 e. The maximum Gasteiger partial charge on any atom is 0.350 e. The van der Waals surface area contributed by atoms with Crippen molar-refractivity contribution in [2.75, 3.05) is 6.61 Å². The number of halogens is 2. The molecule has 0 atom stereocenters. The van der Waals surface area contributed by atoms with Gasteiger partial charge in [-0.3, -0.25) is 0 Å². The summed E-state index contributed by atoms with van der Waals surface area (Å²) in [6.45, 7) is 1.87. The molecule has 0 aliphatic heterocycles. The molecule has 0 amide bonds. The number of benzene rings is 1. The van der Waals surface area contributed by atoms with E-state index in [0.29, 0.717) is 5.56 Å². The van der Waals surface area contributed by atoms with Crippen molar-refractivity contribution in [3.05, 3.63) is 39.9 Å². The summed E-state index contributed by atoms with van der Waals surface area (Å²) in [4.78, 5) is 11.5. The smallest absolute Gasteiger partial charge is 0.350 e. The molecule has 88 valence electrons. The Balaban J connectivity index is 3.13. The molecule has 0 radical (unpaired) electrons. The first kappa shape index (κ1) is 13.8. The van der Waals surface area contributed by atoms with Gasteiger partial charge in [-0.15, -0.1) is 0 Å². The molecule has 0 N–H and O–H groups in total. The van der Waals surface area contributed by atoms with Crippen LogP contribution in [0.2, 0.25) is 0 Å². The van der Waals surface area contributed by atoms with Crippen molar-refractivity contribution < 1.29 is 9.53 Å². The third-order valence-corrected chi connectivity index (χ3v) is 2.84. The number of nitrogens with zero attached hydrogens (tertiary/aromatic N) is 1. The van der Waals surface area contributed by atoms with Crippen molar-refractivity contribution in [3.8, 4) is 6.07 Å². The molecule has 0 aromatic heterocycles. The van der Waals surface area contributed by atoms with Crippen molar-refractivity contribution in [2.45, 2.75) is 6.92 Å². The average Bonchev–Trinajstić information content (AvgIpc) is 2.31. The molecule has 0 heterocycles. The van der Waals surface area contributed by atoms with E-state index in [0.717, 1.165) is 4.47 Å². The first-order chi connectivity index (χ1) is 8.10. The van der Waals surface area contributed by atoms with E-state index in [9.17, 15) is 4.79 Å². The van der Waals surface area contributed by atoms with Gasteiger partial charge >= 0.3 is 5.97 Å². The Labute approximate surface area is 113 Å². The van der Waals surface area contributed by atoms with Gasteiger partial charge in [-0.1, -0.05) is 39.7 Å². The Kier molecular flexibility index (Phi) is 5.20. The first-order valence-corrected chi connectivity index (χ1v) is 6.00. The van der Waals surface area contributed by atoms with Crippen molar-refractivity contribution in [1.82, 2.24) is 0 Å². The second kappa shape index (κ2) is 6.43. The molecule has 0 saturated heterocycles. The lowest BCUT2D eigenvalue weighted by Gasteiger charge is -2.04. The summed E-state index contributed by atoms with van der Waals surface area (Å²) < 4.78 is 5.64. The summed E-state index contributed by atoms with van der Waals surface area (Å²) in [7, 11) is 0. The fraction of sp³-hybridized carbons (Fsp3) is 0.167. The summed E-state index contributed by atoms with van der Waals surface area (Å²) >= 11 is 9.28. The van der Waals surface area contributed by atoms with Crippen LogP contribution in [-0.2, 0) is 9.53 Å². The average molecular weight is 315 g/mol. The van der Waals surface area contributed by atoms with E-state index < -0.39 is 5.97 Å². The number of carbonyl (C=O) groups excluding carboxylic acids is 1. The van der Waals surface area contributed by atoms with E-state index in [4.69, 9.17) is 21.6 Å². The molecule has 0 unspecified atom stereocenters. The molecule has 0 fully saturated rings. The Morgan fingerprint density at radius 1 is 1.47 bits per heavy atom. The molecule has 0 aliphatic rings. The number of hydrogen-bond donors (Lipinski definition) is 0. The summed E-state index contributed by atoms with van der Waals surface area (Å²) in [5.41, 5.74) is 0.412. The number of ether oxygens (including phenoxy) is 1. The van der Waals surface area contributed by atoms with E-state index in [1.165, 1.54) is 0 Å². The summed E-state index contributed by atoms with van der Waals surface area (Å²) in [6.07, 6.45) is 0. The standard InChI is InChI=1S/C12H9BrClNO2/c1-2-17-12(16)10(7-15)11(14)8-3-5-9(13)6-4-8/h3-6H,2H2,1H3/b11-10+. The molecule has 17 heavy (non-hydrogen) atoms. The molecular weight excluding hydrogens is 305 g/mol. The van der Waals surface area contributed by atoms with E-state index in [2.05, 4.69) is 15.9 Å². The van der Waals surface area contributed by atoms with Crippen LogP contribution in [0.5, 0.6) is 0 Å². The Morgan fingerprint density at radius 2 is 2.06 bits per heavy atom. The van der Waals surface area contributed by atoms with Crippen LogP contribution in [0.4, 0.5) is 0 Å². The van der Waals surface area contributed by atoms with E-state index in [1.807, 2.05) is 0 Å². The molecule has 0 bridgehead atoms. The van der Waals surface area contributed by atoms with Gasteiger partial charge < -0.3 is 4.74 Å². The first-order valence-electron chi connectivity index (χ1n) is 4.83. The monoisotopic (exact) mass is 313 g/mol. The zero-order chi connectivity index (χ0) is 12.8. The van der Waals surface area contributed by atoms with Gasteiger partial charge in [-0.2, -0.15) is 5.26 Å². The van der Waals surface area contributed by atoms with Crippen LogP contribution in [0.3, 0.4) is 0 Å². The molecule has 1 aromatic carbocycles. The fourth-order valence-electron chi connectivity index (χ4n) is 1.13. The van der Waals surface area contributed by atoms with Gasteiger partial charge in [0.2, 0.25) is 0 Å². The van der Waals surface area contributed by atoms with Gasteiger partial charge in [-0.05, 0) is 24.6 Å². The lowest BCUT2D eigenvalue weighted by Crippen LogP contribution is -2.07. The summed E-state index contributed by atoms with van der Waals surface area (Å²) in [6, 6.07) is 8.73. The molecule has 1 aromatic rings. The highest BCUT2D eigenvalue weighted by molar-refractivity contribution is 9.10. The van der Waals surface area contributed by atoms with Crippen LogP contribution in [0.15, 0.2) is 34.3 Å². The van der Waals surface area contributed by atoms with Crippen molar-refractivity contribution in [3.63, 3.8) is 0 Å². The van der Waals surface area contributed by atoms with Crippen molar-refractivity contribution in [2.24, 2.45) is 0 Å². The minimum atomic E-state index is -0.706. The maximum absolute atomic E-state index is 11.5. The highest BCUT2D eigenvalue weighted by Crippen LogP contribution is 2.25. The molecule has 0 spiro atoms. The van der Waals surface area contributed by atoms with Crippen LogP contribution < -0.4 is 0 Å². The summed E-state index contributed by atoms with van der Waals surface area (Å²) in [5, 5.41) is 9.00. The molecule has 5 heteroatoms. The van der Waals surface area contributed by atoms with E-state index in [1.54, 1.807) is 37.3 Å². The molecule has 3 nitrogen and oxygen atoms in total. The number of hydrogen-bond acceptors (Lipinski definition) is 3. The molecule has 0 aliphatic carbocycles. The van der Waals surface area contributed by atoms with Crippen LogP contribution in [0.25, 0.3) is 5.03 Å². The zero-order valence-corrected chi connectivity index (χ0v) is 11.4. The lowest BCUT2D eigenvalue weighted by atomic mass is 10.1. The Morgan fingerprint density at radius 3 is 2.53 bits per heavy atom. The van der Waals surface area contributed by atoms with Gasteiger partial charge in [-0.25, -0.2) is 4.79 Å². The van der Waals surface area contributed by atoms with Crippen molar-refractivity contribution in [1.29, 1.82) is 5.26 Å². The number of carbonyl (C=O) groups is 1. The molecule has 0 saturated carbocycles. The number of nitriles is 1. The van der Waals surface area contributed by atoms with Crippen molar-refractivity contribution >= 4 is 38.5 Å². The van der Waals surface area contributed by atoms with Gasteiger partial charge in [0.15, 0.2) is 5.57 Å². The second-order valence-corrected chi connectivity index (χ2v) is 4.32. The van der Waals surface area contributed by atoms with E-state index in [-0.39, 0.29) is 17.2 Å². The Hall–Kier alpha value is -1.31. The topological polar surface area (TPSA) is 50.1 Å². The third-order valence-electron chi connectivity index (χ3n) is 1.91. The van der Waals surface area contributed by atoms with Gasteiger partial charge in [0.05, 0.1) is 11.6 Å². The van der Waals surface area contributed by atoms with Crippen LogP contribution in [0, 0.1) is 11.3 Å². The quantitative estimate of drug-likeness (QED) is 0.487. The largest absolute Gasteiger partial charge is 0.462 e. The maximum atomic E-state index is 11.5. The predicted octanol–water partition coefficient (Wildman–Crippen LogP) is 3.49. The third kappa shape index (κ3) is 3.58. The van der Waals surface area contributed by atoms with Crippen LogP contribution >= 0.6 is 27.5 Å². The fourth-order valence-corrected chi connectivity index (χ4v) is 1.64. The Bertz CT molecular complexity index is 488. The van der Waals surface area contributed by atoms with Crippen LogP contribution in [-0.4, -0.2) is 12.6 Å². The zero-order valence-electron chi connectivity index (χ0n) is 9.04. The highest BCUT2D eigenvalue weighted by Gasteiger charge is 2.16. The van der Waals surface area contributed by atoms with E-state index >= 15 is 0 Å². The minimum absolute atomic E-state index is 0.0958. The highest BCUT2D eigenvalue weighted by atomic mass is 79.9. The van der Waals surface area contributed by atoms with Gasteiger partial charge in [0.25, 0.3) is 0 Å². The number of rotatable bonds is 3. The van der Waals surface area contributed by atoms with Crippen LogP contribution in [0.1, 0.15) is 12.5 Å². The predicted molar refractivity (Wildman–Crippen MR) is 69.2 cm³/mol. The summed E-state index contributed by atoms with van der Waals surface area (Å²) in [5.74, 6) is -0.706. The lowest BCUT2D eigenvalue weighted by molar-refractivity contribution is -0.137. The molecule has 1 rings (SSSR count). The molecular formula is C12H9BrClNO2. The normalized spacial score (nSPS) is 11.4. The van der Waals surface area contributed by atoms with Gasteiger partial charge in [0.1, 0.15) is 6.07 Å². The second-order valence-electron chi connectivity index (χ2n) is 3.03.